The van der Waals surface area contributed by atoms with Gasteiger partial charge in [-0.1, -0.05) is 30.3 Å². The summed E-state index contributed by atoms with van der Waals surface area (Å²) < 4.78 is 15.1. The first-order valence-electron chi connectivity index (χ1n) is 7.87. The van der Waals surface area contributed by atoms with E-state index in [2.05, 4.69) is 0 Å². The summed E-state index contributed by atoms with van der Waals surface area (Å²) in [5, 5.41) is 8.87. The highest BCUT2D eigenvalue weighted by molar-refractivity contribution is 5.86. The number of rotatable bonds is 7. The molecule has 1 N–H and O–H groups in total. The van der Waals surface area contributed by atoms with Gasteiger partial charge < -0.3 is 19.3 Å². The third kappa shape index (κ3) is 7.33. The second-order valence-electron chi connectivity index (χ2n) is 6.46. The fraction of sp³-hybridized carbons (Fsp3) is 0.444. The molecule has 0 amide bonds. The number of carbonyl (C=O) groups is 4. The molecule has 0 aromatic heterocycles. The van der Waals surface area contributed by atoms with E-state index >= 15 is 0 Å². The molecule has 0 spiro atoms. The minimum absolute atomic E-state index is 0.340. The van der Waals surface area contributed by atoms with Crippen LogP contribution in [0.3, 0.4) is 0 Å². The Balaban J connectivity index is 3.06. The molecule has 0 fully saturated rings. The van der Waals surface area contributed by atoms with Crippen LogP contribution in [0.25, 0.3) is 0 Å². The summed E-state index contributed by atoms with van der Waals surface area (Å²) in [6.07, 6.45) is -3.87. The number of carboxylic acid groups (broad SMARTS) is 1. The van der Waals surface area contributed by atoms with Crippen LogP contribution in [0.1, 0.15) is 45.8 Å². The zero-order valence-corrected chi connectivity index (χ0v) is 15.1. The van der Waals surface area contributed by atoms with Gasteiger partial charge in [-0.2, -0.15) is 0 Å². The number of carbonyl (C=O) groups excluding carboxylic acids is 3. The molecule has 0 heterocycles. The maximum atomic E-state index is 12.4. The molecule has 26 heavy (non-hydrogen) atoms. The molecule has 8 heteroatoms. The molecule has 1 aromatic rings. The van der Waals surface area contributed by atoms with Crippen molar-refractivity contribution in [3.8, 4) is 0 Å². The number of ether oxygens (including phenoxy) is 3. The van der Waals surface area contributed by atoms with Crippen molar-refractivity contribution < 1.29 is 38.5 Å². The Bertz CT molecular complexity index is 644. The largest absolute Gasteiger partial charge is 0.481 e. The summed E-state index contributed by atoms with van der Waals surface area (Å²) in [6, 6.07) is 8.10. The Hall–Kier alpha value is -2.90. The lowest BCUT2D eigenvalue weighted by Gasteiger charge is -2.25. The van der Waals surface area contributed by atoms with E-state index in [0.29, 0.717) is 5.56 Å². The summed E-state index contributed by atoms with van der Waals surface area (Å²) in [5.41, 5.74) is -0.487. The number of aliphatic carboxylic acids is 1. The second kappa shape index (κ2) is 8.98. The average Bonchev–Trinajstić information content (AvgIpc) is 2.49. The van der Waals surface area contributed by atoms with Gasteiger partial charge in [-0.3, -0.25) is 9.59 Å². The molecular formula is C18H22O8. The van der Waals surface area contributed by atoms with Crippen molar-refractivity contribution in [2.45, 2.75) is 51.9 Å². The predicted octanol–water partition coefficient (Wildman–Crippen LogP) is 2.02. The van der Waals surface area contributed by atoms with Crippen LogP contribution in [0.2, 0.25) is 0 Å². The molecule has 0 bridgehead atoms. The molecule has 0 saturated carbocycles. The smallest absolute Gasteiger partial charge is 0.352 e. The normalized spacial score (nSPS) is 13.2. The van der Waals surface area contributed by atoms with Crippen LogP contribution in [0.5, 0.6) is 0 Å². The van der Waals surface area contributed by atoms with Crippen molar-refractivity contribution >= 4 is 23.9 Å². The van der Waals surface area contributed by atoms with E-state index in [1.54, 1.807) is 51.1 Å². The topological polar surface area (TPSA) is 116 Å². The lowest BCUT2D eigenvalue weighted by molar-refractivity contribution is -0.184. The lowest BCUT2D eigenvalue weighted by Crippen LogP contribution is -2.35. The van der Waals surface area contributed by atoms with E-state index in [9.17, 15) is 19.2 Å². The molecule has 2 atom stereocenters. The van der Waals surface area contributed by atoms with Gasteiger partial charge in [0.25, 0.3) is 0 Å². The van der Waals surface area contributed by atoms with Crippen LogP contribution in [-0.4, -0.2) is 40.7 Å². The monoisotopic (exact) mass is 366 g/mol. The molecule has 0 radical (unpaired) electrons. The number of carboxylic acids is 1. The Morgan fingerprint density at radius 2 is 1.58 bits per heavy atom. The third-order valence-electron chi connectivity index (χ3n) is 2.89. The molecule has 0 aliphatic heterocycles. The van der Waals surface area contributed by atoms with Crippen LogP contribution < -0.4 is 0 Å². The lowest BCUT2D eigenvalue weighted by atomic mass is 10.1. The molecular weight excluding hydrogens is 344 g/mol. The van der Waals surface area contributed by atoms with Crippen molar-refractivity contribution in [3.05, 3.63) is 35.9 Å². The summed E-state index contributed by atoms with van der Waals surface area (Å²) in [5.74, 6) is -4.18. The van der Waals surface area contributed by atoms with Crippen LogP contribution in [-0.2, 0) is 33.4 Å². The number of esters is 3. The van der Waals surface area contributed by atoms with Crippen LogP contribution in [0, 0.1) is 0 Å². The van der Waals surface area contributed by atoms with Crippen LogP contribution in [0.4, 0.5) is 0 Å². The first-order chi connectivity index (χ1) is 12.0. The van der Waals surface area contributed by atoms with Gasteiger partial charge in [0.15, 0.2) is 0 Å². The molecule has 1 unspecified atom stereocenters. The van der Waals surface area contributed by atoms with Gasteiger partial charge in [-0.25, -0.2) is 9.59 Å². The van der Waals surface area contributed by atoms with E-state index < -0.39 is 48.1 Å². The first-order valence-corrected chi connectivity index (χ1v) is 7.87. The Kier molecular flexibility index (Phi) is 7.30. The van der Waals surface area contributed by atoms with E-state index in [-0.39, 0.29) is 0 Å². The van der Waals surface area contributed by atoms with Crippen molar-refractivity contribution in [1.82, 2.24) is 0 Å². The van der Waals surface area contributed by atoms with E-state index in [4.69, 9.17) is 19.3 Å². The fourth-order valence-corrected chi connectivity index (χ4v) is 1.96. The standard InChI is InChI=1S/C18H22O8/c1-11(19)24-13(10-14(20)21)16(22)25-15(12-8-6-5-7-9-12)17(23)26-18(2,3)4/h5-9,13,15H,10H2,1-4H3,(H,20,21)/t13?,15-/m0/s1. The number of benzene rings is 1. The predicted molar refractivity (Wildman–Crippen MR) is 88.9 cm³/mol. The van der Waals surface area contributed by atoms with E-state index in [0.717, 1.165) is 6.92 Å². The maximum Gasteiger partial charge on any atom is 0.352 e. The minimum Gasteiger partial charge on any atom is -0.481 e. The molecule has 1 aromatic carbocycles. The van der Waals surface area contributed by atoms with Crippen LogP contribution >= 0.6 is 0 Å². The zero-order valence-electron chi connectivity index (χ0n) is 15.1. The summed E-state index contributed by atoms with van der Waals surface area (Å²) in [6.45, 7) is 5.99. The van der Waals surface area contributed by atoms with Crippen molar-refractivity contribution in [3.63, 3.8) is 0 Å². The molecule has 0 saturated heterocycles. The quantitative estimate of drug-likeness (QED) is 0.575. The molecule has 142 valence electrons. The minimum atomic E-state index is -1.67. The Morgan fingerprint density at radius 1 is 1.00 bits per heavy atom. The third-order valence-corrected chi connectivity index (χ3v) is 2.89. The molecule has 1 rings (SSSR count). The SMILES string of the molecule is CC(=O)OC(CC(=O)O)C(=O)O[C@H](C(=O)OC(C)(C)C)c1ccccc1. The van der Waals surface area contributed by atoms with Gasteiger partial charge >= 0.3 is 23.9 Å². The van der Waals surface area contributed by atoms with Crippen molar-refractivity contribution in [2.75, 3.05) is 0 Å². The number of hydrogen-bond donors (Lipinski definition) is 1. The fourth-order valence-electron chi connectivity index (χ4n) is 1.96. The summed E-state index contributed by atoms with van der Waals surface area (Å²) in [7, 11) is 0. The Morgan fingerprint density at radius 3 is 2.04 bits per heavy atom. The van der Waals surface area contributed by atoms with Crippen molar-refractivity contribution in [2.24, 2.45) is 0 Å². The van der Waals surface area contributed by atoms with Gasteiger partial charge in [0.1, 0.15) is 5.60 Å². The van der Waals surface area contributed by atoms with E-state index in [1.807, 2.05) is 0 Å². The number of hydrogen-bond acceptors (Lipinski definition) is 7. The van der Waals surface area contributed by atoms with Gasteiger partial charge in [-0.05, 0) is 20.8 Å². The van der Waals surface area contributed by atoms with Crippen molar-refractivity contribution in [1.29, 1.82) is 0 Å². The maximum absolute atomic E-state index is 12.4. The molecule has 0 aliphatic rings. The highest BCUT2D eigenvalue weighted by atomic mass is 16.6. The molecule has 8 nitrogen and oxygen atoms in total. The van der Waals surface area contributed by atoms with Gasteiger partial charge in [0, 0.05) is 12.5 Å². The second-order valence-corrected chi connectivity index (χ2v) is 6.46. The molecule has 0 aliphatic carbocycles. The first kappa shape index (κ1) is 21.1. The van der Waals surface area contributed by atoms with Gasteiger partial charge in [0.2, 0.25) is 12.2 Å². The van der Waals surface area contributed by atoms with E-state index in [1.165, 1.54) is 0 Å². The summed E-state index contributed by atoms with van der Waals surface area (Å²) in [4.78, 5) is 46.7. The zero-order chi connectivity index (χ0) is 19.9. The Labute approximate surface area is 151 Å². The highest BCUT2D eigenvalue weighted by Crippen LogP contribution is 2.23. The van der Waals surface area contributed by atoms with Gasteiger partial charge in [0.05, 0.1) is 6.42 Å². The van der Waals surface area contributed by atoms with Gasteiger partial charge in [-0.15, -0.1) is 0 Å². The highest BCUT2D eigenvalue weighted by Gasteiger charge is 2.34. The average molecular weight is 366 g/mol. The summed E-state index contributed by atoms with van der Waals surface area (Å²) >= 11 is 0. The van der Waals surface area contributed by atoms with Crippen LogP contribution in [0.15, 0.2) is 30.3 Å².